The van der Waals surface area contributed by atoms with Gasteiger partial charge in [0.05, 0.1) is 42.2 Å². The Morgan fingerprint density at radius 2 is 1.55 bits per heavy atom. The summed E-state index contributed by atoms with van der Waals surface area (Å²) in [4.78, 5) is 72.2. The summed E-state index contributed by atoms with van der Waals surface area (Å²) in [5, 5.41) is 11.9. The molecule has 0 radical (unpaired) electrons. The predicted octanol–water partition coefficient (Wildman–Crippen LogP) is 3.69. The molecule has 55 heavy (non-hydrogen) atoms. The van der Waals surface area contributed by atoms with Crippen LogP contribution in [0, 0.1) is 17.8 Å². The second kappa shape index (κ2) is 21.1. The molecule has 0 unspecified atom stereocenters. The van der Waals surface area contributed by atoms with Gasteiger partial charge in [0, 0.05) is 39.8 Å². The first-order chi connectivity index (χ1) is 25.6. The van der Waals surface area contributed by atoms with Crippen LogP contribution in [0.1, 0.15) is 100 Å². The van der Waals surface area contributed by atoms with Crippen LogP contribution in [-0.2, 0) is 39.9 Å². The molecule has 1 aliphatic heterocycles. The molecule has 4 N–H and O–H groups in total. The lowest BCUT2D eigenvalue weighted by Gasteiger charge is -2.41. The monoisotopic (exact) mass is 773 g/mol. The Morgan fingerprint density at radius 1 is 0.927 bits per heavy atom. The Hall–Kier alpha value is -3.55. The number of methoxy groups -OCH3 is 2. The van der Waals surface area contributed by atoms with Gasteiger partial charge >= 0.3 is 0 Å². The average molecular weight is 773 g/mol. The van der Waals surface area contributed by atoms with Crippen molar-refractivity contribution in [1.29, 1.82) is 0 Å². The van der Waals surface area contributed by atoms with Crippen LogP contribution in [0.5, 0.6) is 0 Å². The molecule has 8 atom stereocenters. The molecular weight excluding hydrogens is 700 g/mol. The molecule has 1 saturated heterocycles. The lowest BCUT2D eigenvalue weighted by Crippen LogP contribution is -2.61. The number of carbonyl (C=O) groups is 5. The molecule has 1 aromatic rings. The van der Waals surface area contributed by atoms with Crippen LogP contribution < -0.4 is 21.3 Å². The van der Waals surface area contributed by atoms with Crippen molar-refractivity contribution in [2.24, 2.45) is 17.8 Å². The minimum atomic E-state index is -0.876. The molecule has 13 nitrogen and oxygen atoms in total. The number of hydrogen-bond donors (Lipinski definition) is 4. The summed E-state index contributed by atoms with van der Waals surface area (Å²) in [6, 6.07) is 7.10. The molecule has 5 amide bonds. The Morgan fingerprint density at radius 3 is 2.05 bits per heavy atom. The van der Waals surface area contributed by atoms with Crippen molar-refractivity contribution in [2.45, 2.75) is 149 Å². The number of amides is 5. The Kier molecular flexibility index (Phi) is 18.3. The largest absolute Gasteiger partial charge is 0.379 e. The average Bonchev–Trinajstić information content (AvgIpc) is 3.62. The minimum Gasteiger partial charge on any atom is -0.379 e. The van der Waals surface area contributed by atoms with Gasteiger partial charge in [-0.05, 0) is 71.9 Å². The summed E-state index contributed by atoms with van der Waals surface area (Å²) in [5.74, 6) is -2.23. The maximum absolute atomic E-state index is 14.2. The van der Waals surface area contributed by atoms with E-state index in [0.29, 0.717) is 19.4 Å². The van der Waals surface area contributed by atoms with E-state index in [4.69, 9.17) is 9.47 Å². The van der Waals surface area contributed by atoms with E-state index in [0.717, 1.165) is 18.4 Å². The van der Waals surface area contributed by atoms with Crippen LogP contribution in [0.2, 0.25) is 0 Å². The van der Waals surface area contributed by atoms with Gasteiger partial charge < -0.3 is 40.5 Å². The van der Waals surface area contributed by atoms with Gasteiger partial charge in [-0.25, -0.2) is 0 Å². The zero-order valence-corrected chi connectivity index (χ0v) is 36.1. The van der Waals surface area contributed by atoms with Crippen LogP contribution in [0.15, 0.2) is 30.3 Å². The Labute approximate surface area is 330 Å². The number of rotatable bonds is 20. The topological polar surface area (TPSA) is 158 Å². The van der Waals surface area contributed by atoms with E-state index in [-0.39, 0.29) is 53.8 Å². The van der Waals surface area contributed by atoms with E-state index < -0.39 is 47.3 Å². The molecule has 0 aliphatic carbocycles. The maximum atomic E-state index is 14.2. The third kappa shape index (κ3) is 13.3. The SMILES string of the molecule is CC[C@H](C)[C@@H]([C@@H](CC(=O)N1CCC[C@H]1[C@H](OC)[C@@H](C)C(=O)N[C@@H](Cc1ccccc1)C(=O)NC(C)(C)C)OC)N(C)C(=O)[C@@H](NC(=O)C(C)(C)NC)C(C)C. The second-order valence-corrected chi connectivity index (χ2v) is 17.1. The molecule has 1 heterocycles. The summed E-state index contributed by atoms with van der Waals surface area (Å²) in [7, 11) is 6.51. The van der Waals surface area contributed by atoms with Gasteiger partial charge in [0.15, 0.2) is 0 Å². The van der Waals surface area contributed by atoms with Gasteiger partial charge in [-0.3, -0.25) is 24.0 Å². The van der Waals surface area contributed by atoms with Crippen molar-refractivity contribution < 1.29 is 33.4 Å². The fourth-order valence-electron chi connectivity index (χ4n) is 7.29. The molecule has 0 aromatic heterocycles. The summed E-state index contributed by atoms with van der Waals surface area (Å²) in [5.41, 5.74) is -0.453. The molecular formula is C42H72N6O7. The number of hydrogen-bond acceptors (Lipinski definition) is 8. The molecule has 0 spiro atoms. The van der Waals surface area contributed by atoms with Gasteiger partial charge in [-0.1, -0.05) is 71.4 Å². The van der Waals surface area contributed by atoms with Crippen molar-refractivity contribution in [1.82, 2.24) is 31.1 Å². The van der Waals surface area contributed by atoms with E-state index in [9.17, 15) is 24.0 Å². The third-order valence-corrected chi connectivity index (χ3v) is 11.1. The van der Waals surface area contributed by atoms with Crippen LogP contribution >= 0.6 is 0 Å². The van der Waals surface area contributed by atoms with Gasteiger partial charge in [0.25, 0.3) is 0 Å². The third-order valence-electron chi connectivity index (χ3n) is 11.1. The molecule has 0 saturated carbocycles. The smallest absolute Gasteiger partial charge is 0.245 e. The lowest BCUT2D eigenvalue weighted by atomic mass is 9.89. The van der Waals surface area contributed by atoms with Crippen molar-refractivity contribution in [2.75, 3.05) is 34.9 Å². The highest BCUT2D eigenvalue weighted by Gasteiger charge is 2.43. The number of carbonyl (C=O) groups excluding carboxylic acids is 5. The molecule has 0 bridgehead atoms. The van der Waals surface area contributed by atoms with Crippen molar-refractivity contribution >= 4 is 29.5 Å². The quantitative estimate of drug-likeness (QED) is 0.156. The normalized spacial score (nSPS) is 18.7. The Balaban J connectivity index is 2.31. The molecule has 1 aliphatic rings. The number of nitrogens with one attached hydrogen (secondary N) is 4. The highest BCUT2D eigenvalue weighted by molar-refractivity contribution is 5.92. The van der Waals surface area contributed by atoms with Gasteiger partial charge in [-0.2, -0.15) is 0 Å². The van der Waals surface area contributed by atoms with Crippen LogP contribution in [0.25, 0.3) is 0 Å². The minimum absolute atomic E-state index is 0.00819. The zero-order chi connectivity index (χ0) is 41.8. The first kappa shape index (κ1) is 47.6. The van der Waals surface area contributed by atoms with Gasteiger partial charge in [-0.15, -0.1) is 0 Å². The van der Waals surface area contributed by atoms with Crippen LogP contribution in [0.4, 0.5) is 0 Å². The van der Waals surface area contributed by atoms with E-state index in [1.165, 1.54) is 0 Å². The summed E-state index contributed by atoms with van der Waals surface area (Å²) >= 11 is 0. The van der Waals surface area contributed by atoms with Crippen molar-refractivity contribution in [3.8, 4) is 0 Å². The number of ether oxygens (including phenoxy) is 2. The van der Waals surface area contributed by atoms with E-state index in [2.05, 4.69) is 21.3 Å². The highest BCUT2D eigenvalue weighted by Crippen LogP contribution is 2.30. The molecule has 13 heteroatoms. The molecule has 2 rings (SSSR count). The summed E-state index contributed by atoms with van der Waals surface area (Å²) in [6.45, 7) is 19.3. The number of benzene rings is 1. The van der Waals surface area contributed by atoms with E-state index >= 15 is 0 Å². The fourth-order valence-corrected chi connectivity index (χ4v) is 7.29. The van der Waals surface area contributed by atoms with Gasteiger partial charge in [0.1, 0.15) is 12.1 Å². The first-order valence-electron chi connectivity index (χ1n) is 19.9. The van der Waals surface area contributed by atoms with E-state index in [1.807, 2.05) is 78.8 Å². The maximum Gasteiger partial charge on any atom is 0.245 e. The summed E-state index contributed by atoms with van der Waals surface area (Å²) in [6.07, 6.45) is 1.15. The fraction of sp³-hybridized carbons (Fsp3) is 0.738. The standard InChI is InChI=1S/C42H72N6O7/c1-15-27(4)35(47(12)39(52)34(26(2)3)45-40(53)42(9,10)43-11)32(54-13)25-33(49)48-23-19-22-31(48)36(55-14)28(5)37(50)44-30(38(51)46-41(6,7)8)24-29-20-17-16-18-21-29/h16-18,20-21,26-28,30-32,34-36,43H,15,19,22-25H2,1-14H3,(H,44,50)(H,45,53)(H,46,51)/t27-,28+,30-,31-,32+,34-,35-,36+/m0/s1. The predicted molar refractivity (Wildman–Crippen MR) is 216 cm³/mol. The Bertz CT molecular complexity index is 1410. The molecule has 312 valence electrons. The molecule has 1 aromatic carbocycles. The van der Waals surface area contributed by atoms with Crippen LogP contribution in [0.3, 0.4) is 0 Å². The number of nitrogens with zero attached hydrogens (tertiary/aromatic N) is 2. The first-order valence-corrected chi connectivity index (χ1v) is 19.9. The van der Waals surface area contributed by atoms with Crippen molar-refractivity contribution in [3.05, 3.63) is 35.9 Å². The molecule has 1 fully saturated rings. The lowest BCUT2D eigenvalue weighted by molar-refractivity contribution is -0.148. The summed E-state index contributed by atoms with van der Waals surface area (Å²) < 4.78 is 12.0. The van der Waals surface area contributed by atoms with Gasteiger partial charge in [0.2, 0.25) is 29.5 Å². The number of likely N-dealkylation sites (tertiary alicyclic amines) is 1. The van der Waals surface area contributed by atoms with E-state index in [1.54, 1.807) is 58.9 Å². The second-order valence-electron chi connectivity index (χ2n) is 17.1. The zero-order valence-electron chi connectivity index (χ0n) is 36.1. The van der Waals surface area contributed by atoms with Crippen molar-refractivity contribution in [3.63, 3.8) is 0 Å². The number of likely N-dealkylation sites (N-methyl/N-ethyl adjacent to an activating group) is 2. The highest BCUT2D eigenvalue weighted by atomic mass is 16.5. The van der Waals surface area contributed by atoms with Crippen LogP contribution in [-0.4, -0.2) is 122 Å².